The van der Waals surface area contributed by atoms with Crippen LogP contribution in [0.15, 0.2) is 0 Å². The first-order valence-corrected chi connectivity index (χ1v) is 5.83. The van der Waals surface area contributed by atoms with Gasteiger partial charge in [0, 0.05) is 19.6 Å². The van der Waals surface area contributed by atoms with Crippen LogP contribution in [0.5, 0.6) is 0 Å². The first-order chi connectivity index (χ1) is 7.18. The highest BCUT2D eigenvalue weighted by molar-refractivity contribution is 5.78. The predicted octanol–water partition coefficient (Wildman–Crippen LogP) is -0.0323. The SMILES string of the molecule is CN(C(=O)CNCC(O)C1CC1)C1CC1. The summed E-state index contributed by atoms with van der Waals surface area (Å²) in [6.07, 6.45) is 4.31. The molecule has 2 rings (SSSR count). The number of aliphatic hydroxyl groups excluding tert-OH is 1. The van der Waals surface area contributed by atoms with Crippen LogP contribution < -0.4 is 5.32 Å². The number of hydrogen-bond donors (Lipinski definition) is 2. The zero-order valence-corrected chi connectivity index (χ0v) is 9.28. The van der Waals surface area contributed by atoms with Gasteiger partial charge in [0.15, 0.2) is 0 Å². The van der Waals surface area contributed by atoms with Crippen molar-refractivity contribution >= 4 is 5.91 Å². The van der Waals surface area contributed by atoms with Crippen LogP contribution in [-0.2, 0) is 4.79 Å². The average Bonchev–Trinajstić information content (AvgIpc) is 3.06. The largest absolute Gasteiger partial charge is 0.392 e. The van der Waals surface area contributed by atoms with Crippen LogP contribution in [0.25, 0.3) is 0 Å². The van der Waals surface area contributed by atoms with E-state index in [1.54, 1.807) is 0 Å². The molecule has 0 aromatic carbocycles. The first-order valence-electron chi connectivity index (χ1n) is 5.83. The average molecular weight is 212 g/mol. The highest BCUT2D eigenvalue weighted by Crippen LogP contribution is 2.32. The number of amides is 1. The monoisotopic (exact) mass is 212 g/mol. The second-order valence-corrected chi connectivity index (χ2v) is 4.77. The summed E-state index contributed by atoms with van der Waals surface area (Å²) in [7, 11) is 1.86. The van der Waals surface area contributed by atoms with Crippen molar-refractivity contribution in [2.75, 3.05) is 20.1 Å². The summed E-state index contributed by atoms with van der Waals surface area (Å²) < 4.78 is 0. The molecule has 0 saturated heterocycles. The van der Waals surface area contributed by atoms with Crippen LogP contribution in [0, 0.1) is 5.92 Å². The minimum atomic E-state index is -0.260. The fraction of sp³-hybridized carbons (Fsp3) is 0.909. The van der Waals surface area contributed by atoms with E-state index in [1.165, 1.54) is 0 Å². The summed E-state index contributed by atoms with van der Waals surface area (Å²) in [6.45, 7) is 0.908. The Hall–Kier alpha value is -0.610. The van der Waals surface area contributed by atoms with E-state index in [0.717, 1.165) is 25.7 Å². The lowest BCUT2D eigenvalue weighted by molar-refractivity contribution is -0.129. The molecule has 2 saturated carbocycles. The van der Waals surface area contributed by atoms with Crippen molar-refractivity contribution in [2.45, 2.75) is 37.8 Å². The third-order valence-electron chi connectivity index (χ3n) is 3.28. The van der Waals surface area contributed by atoms with E-state index in [-0.39, 0.29) is 12.0 Å². The van der Waals surface area contributed by atoms with Crippen molar-refractivity contribution in [3.05, 3.63) is 0 Å². The molecule has 2 aliphatic rings. The van der Waals surface area contributed by atoms with Crippen molar-refractivity contribution in [1.82, 2.24) is 10.2 Å². The number of rotatable bonds is 6. The van der Waals surface area contributed by atoms with Gasteiger partial charge in [-0.15, -0.1) is 0 Å². The van der Waals surface area contributed by atoms with Crippen LogP contribution in [0.2, 0.25) is 0 Å². The lowest BCUT2D eigenvalue weighted by Crippen LogP contribution is -2.39. The van der Waals surface area contributed by atoms with E-state index in [4.69, 9.17) is 0 Å². The second kappa shape index (κ2) is 4.49. The Kier molecular flexibility index (Phi) is 3.26. The van der Waals surface area contributed by atoms with Gasteiger partial charge in [0.2, 0.25) is 5.91 Å². The minimum absolute atomic E-state index is 0.139. The van der Waals surface area contributed by atoms with Crippen LogP contribution in [0.4, 0.5) is 0 Å². The normalized spacial score (nSPS) is 22.5. The summed E-state index contributed by atoms with van der Waals surface area (Å²) in [6, 6.07) is 0.479. The van der Waals surface area contributed by atoms with Crippen molar-refractivity contribution < 1.29 is 9.90 Å². The van der Waals surface area contributed by atoms with Gasteiger partial charge in [-0.1, -0.05) is 0 Å². The van der Waals surface area contributed by atoms with E-state index in [1.807, 2.05) is 11.9 Å². The van der Waals surface area contributed by atoms with Crippen LogP contribution >= 0.6 is 0 Å². The summed E-state index contributed by atoms with van der Waals surface area (Å²) in [5.41, 5.74) is 0. The second-order valence-electron chi connectivity index (χ2n) is 4.77. The molecule has 1 atom stereocenters. The zero-order valence-electron chi connectivity index (χ0n) is 9.28. The smallest absolute Gasteiger partial charge is 0.236 e. The number of likely N-dealkylation sites (N-methyl/N-ethyl adjacent to an activating group) is 1. The Bertz CT molecular complexity index is 237. The molecule has 4 heteroatoms. The molecule has 0 bridgehead atoms. The molecule has 1 amide bonds. The van der Waals surface area contributed by atoms with Gasteiger partial charge in [-0.05, 0) is 31.6 Å². The molecule has 0 aromatic rings. The van der Waals surface area contributed by atoms with E-state index < -0.39 is 0 Å². The molecular weight excluding hydrogens is 192 g/mol. The highest BCUT2D eigenvalue weighted by Gasteiger charge is 2.31. The van der Waals surface area contributed by atoms with E-state index >= 15 is 0 Å². The Balaban J connectivity index is 1.57. The van der Waals surface area contributed by atoms with E-state index in [2.05, 4.69) is 5.32 Å². The Morgan fingerprint density at radius 3 is 2.67 bits per heavy atom. The number of carbonyl (C=O) groups excluding carboxylic acids is 1. The molecule has 4 nitrogen and oxygen atoms in total. The van der Waals surface area contributed by atoms with Crippen LogP contribution in [-0.4, -0.2) is 48.2 Å². The Morgan fingerprint density at radius 1 is 1.47 bits per heavy atom. The molecule has 86 valence electrons. The van der Waals surface area contributed by atoms with Gasteiger partial charge in [0.05, 0.1) is 12.6 Å². The van der Waals surface area contributed by atoms with Gasteiger partial charge < -0.3 is 15.3 Å². The number of nitrogens with zero attached hydrogens (tertiary/aromatic N) is 1. The predicted molar refractivity (Wildman–Crippen MR) is 57.4 cm³/mol. The Morgan fingerprint density at radius 2 is 2.13 bits per heavy atom. The molecule has 2 fully saturated rings. The van der Waals surface area contributed by atoms with Gasteiger partial charge in [-0.25, -0.2) is 0 Å². The number of nitrogens with one attached hydrogen (secondary N) is 1. The Labute approximate surface area is 90.6 Å². The quantitative estimate of drug-likeness (QED) is 0.650. The summed E-state index contributed by atoms with van der Waals surface area (Å²) in [5.74, 6) is 0.620. The molecule has 2 aliphatic carbocycles. The molecule has 1 unspecified atom stereocenters. The number of hydrogen-bond acceptors (Lipinski definition) is 3. The van der Waals surface area contributed by atoms with Crippen LogP contribution in [0.3, 0.4) is 0 Å². The lowest BCUT2D eigenvalue weighted by atomic mass is 10.2. The van der Waals surface area contributed by atoms with Crippen LogP contribution in [0.1, 0.15) is 25.7 Å². The summed E-state index contributed by atoms with van der Waals surface area (Å²) in [4.78, 5) is 13.4. The van der Waals surface area contributed by atoms with Gasteiger partial charge in [0.1, 0.15) is 0 Å². The molecule has 15 heavy (non-hydrogen) atoms. The molecule has 0 aromatic heterocycles. The number of carbonyl (C=O) groups is 1. The third-order valence-corrected chi connectivity index (χ3v) is 3.28. The van der Waals surface area contributed by atoms with Crippen molar-refractivity contribution in [3.63, 3.8) is 0 Å². The molecule has 0 heterocycles. The maximum atomic E-state index is 11.6. The van der Waals surface area contributed by atoms with Gasteiger partial charge >= 0.3 is 0 Å². The fourth-order valence-corrected chi connectivity index (χ4v) is 1.76. The topological polar surface area (TPSA) is 52.6 Å². The molecule has 0 radical (unpaired) electrons. The van der Waals surface area contributed by atoms with Crippen molar-refractivity contribution in [2.24, 2.45) is 5.92 Å². The summed E-state index contributed by atoms with van der Waals surface area (Å²) >= 11 is 0. The third kappa shape index (κ3) is 3.18. The number of aliphatic hydroxyl groups is 1. The standard InChI is InChI=1S/C11H20N2O2/c1-13(9-4-5-9)11(15)7-12-6-10(14)8-2-3-8/h8-10,12,14H,2-7H2,1H3. The lowest BCUT2D eigenvalue weighted by Gasteiger charge is -2.17. The fourth-order valence-electron chi connectivity index (χ4n) is 1.76. The molecule has 0 aliphatic heterocycles. The maximum Gasteiger partial charge on any atom is 0.236 e. The van der Waals surface area contributed by atoms with Gasteiger partial charge in [-0.2, -0.15) is 0 Å². The maximum absolute atomic E-state index is 11.6. The highest BCUT2D eigenvalue weighted by atomic mass is 16.3. The van der Waals surface area contributed by atoms with Crippen molar-refractivity contribution in [1.29, 1.82) is 0 Å². The van der Waals surface area contributed by atoms with E-state index in [0.29, 0.717) is 25.0 Å². The van der Waals surface area contributed by atoms with E-state index in [9.17, 15) is 9.90 Å². The summed E-state index contributed by atoms with van der Waals surface area (Å²) in [5, 5.41) is 12.6. The first kappa shape index (κ1) is 10.9. The van der Waals surface area contributed by atoms with Gasteiger partial charge in [-0.3, -0.25) is 4.79 Å². The zero-order chi connectivity index (χ0) is 10.8. The molecule has 2 N–H and O–H groups in total. The van der Waals surface area contributed by atoms with Crippen molar-refractivity contribution in [3.8, 4) is 0 Å². The van der Waals surface area contributed by atoms with Gasteiger partial charge in [0.25, 0.3) is 0 Å². The molecular formula is C11H20N2O2. The minimum Gasteiger partial charge on any atom is -0.392 e. The molecule has 0 spiro atoms.